The summed E-state index contributed by atoms with van der Waals surface area (Å²) >= 11 is 5.61. The summed E-state index contributed by atoms with van der Waals surface area (Å²) in [6.07, 6.45) is 0. The summed E-state index contributed by atoms with van der Waals surface area (Å²) in [4.78, 5) is 12.0. The molecule has 0 aliphatic heterocycles. The second-order valence-electron chi connectivity index (χ2n) is 3.81. The molecule has 0 amide bonds. The van der Waals surface area contributed by atoms with Gasteiger partial charge in [-0.1, -0.05) is 21.1 Å². The number of aromatic nitrogens is 1. The van der Waals surface area contributed by atoms with E-state index in [1.165, 1.54) is 0 Å². The van der Waals surface area contributed by atoms with Crippen LogP contribution < -0.4 is 0 Å². The van der Waals surface area contributed by atoms with Gasteiger partial charge in [-0.3, -0.25) is 0 Å². The molecule has 0 spiro atoms. The topological polar surface area (TPSA) is 52.3 Å². The first-order valence-corrected chi connectivity index (χ1v) is 7.50. The Bertz CT molecular complexity index is 624. The molecule has 0 aliphatic rings. The Morgan fingerprint density at radius 2 is 2.26 bits per heavy atom. The lowest BCUT2D eigenvalue weighted by Crippen LogP contribution is -2.07. The average Bonchev–Trinajstić information content (AvgIpc) is 2.74. The summed E-state index contributed by atoms with van der Waals surface area (Å²) < 4.78 is 12.1. The van der Waals surface area contributed by atoms with E-state index in [1.807, 2.05) is 18.2 Å². The molecular weight excluding hydrogens is 425 g/mol. The van der Waals surface area contributed by atoms with Crippen molar-refractivity contribution in [3.8, 4) is 11.3 Å². The number of nitrogens with zero attached hydrogens (tertiary/aromatic N) is 1. The van der Waals surface area contributed by atoms with Crippen LogP contribution in [0.4, 0.5) is 0 Å². The van der Waals surface area contributed by atoms with Gasteiger partial charge in [0, 0.05) is 13.6 Å². The Hall–Kier alpha value is -0.890. The third kappa shape index (κ3) is 3.00. The van der Waals surface area contributed by atoms with Crippen LogP contribution in [0.15, 0.2) is 27.2 Å². The molecule has 19 heavy (non-hydrogen) atoms. The molecule has 4 nitrogen and oxygen atoms in total. The van der Waals surface area contributed by atoms with Gasteiger partial charge in [0.1, 0.15) is 17.0 Å². The number of benzene rings is 1. The summed E-state index contributed by atoms with van der Waals surface area (Å²) in [5.74, 6) is 0.0521. The van der Waals surface area contributed by atoms with Gasteiger partial charge < -0.3 is 9.26 Å². The predicted octanol–water partition coefficient (Wildman–Crippen LogP) is 4.19. The standard InChI is InChI=1S/C13H11BrINO3/c1-3-18-13(17)11-7(2)19-16-12(11)9-6-8(14)4-5-10(9)15/h4-6H,3H2,1-2H3. The first-order valence-electron chi connectivity index (χ1n) is 5.63. The van der Waals surface area contributed by atoms with Gasteiger partial charge in [0.25, 0.3) is 0 Å². The number of carbonyl (C=O) groups is 1. The molecular formula is C13H11BrINO3. The summed E-state index contributed by atoms with van der Waals surface area (Å²) in [5, 5.41) is 3.99. The first kappa shape index (κ1) is 14.5. The van der Waals surface area contributed by atoms with Crippen LogP contribution in [0.25, 0.3) is 11.3 Å². The van der Waals surface area contributed by atoms with Gasteiger partial charge in [0.2, 0.25) is 0 Å². The zero-order valence-corrected chi connectivity index (χ0v) is 14.1. The highest BCUT2D eigenvalue weighted by molar-refractivity contribution is 14.1. The molecule has 0 N–H and O–H groups in total. The molecule has 2 rings (SSSR count). The van der Waals surface area contributed by atoms with Crippen LogP contribution in [0, 0.1) is 10.5 Å². The Kier molecular flexibility index (Phi) is 4.62. The van der Waals surface area contributed by atoms with Crippen molar-refractivity contribution < 1.29 is 14.1 Å². The van der Waals surface area contributed by atoms with Crippen LogP contribution in [0.2, 0.25) is 0 Å². The molecule has 1 aromatic heterocycles. The second-order valence-corrected chi connectivity index (χ2v) is 5.88. The number of halogens is 2. The minimum absolute atomic E-state index is 0.318. The lowest BCUT2D eigenvalue weighted by molar-refractivity contribution is 0.0525. The zero-order valence-electron chi connectivity index (χ0n) is 10.4. The van der Waals surface area contributed by atoms with Crippen molar-refractivity contribution in [2.75, 3.05) is 6.61 Å². The van der Waals surface area contributed by atoms with Crippen LogP contribution in [0.3, 0.4) is 0 Å². The number of ether oxygens (including phenoxy) is 1. The molecule has 100 valence electrons. The van der Waals surface area contributed by atoms with Gasteiger partial charge in [0.05, 0.1) is 6.61 Å². The maximum atomic E-state index is 12.0. The molecule has 0 bridgehead atoms. The lowest BCUT2D eigenvalue weighted by atomic mass is 10.1. The molecule has 0 saturated heterocycles. The third-order valence-corrected chi connectivity index (χ3v) is 3.96. The fourth-order valence-electron chi connectivity index (χ4n) is 1.68. The molecule has 0 unspecified atom stereocenters. The molecule has 1 aromatic carbocycles. The van der Waals surface area contributed by atoms with Crippen LogP contribution in [0.5, 0.6) is 0 Å². The Labute approximate surface area is 132 Å². The van der Waals surface area contributed by atoms with Crippen molar-refractivity contribution >= 4 is 44.5 Å². The van der Waals surface area contributed by atoms with Crippen molar-refractivity contribution in [3.05, 3.63) is 37.6 Å². The molecule has 2 aromatic rings. The van der Waals surface area contributed by atoms with Crippen LogP contribution in [-0.4, -0.2) is 17.7 Å². The molecule has 0 aliphatic carbocycles. The van der Waals surface area contributed by atoms with Gasteiger partial charge in [-0.25, -0.2) is 4.79 Å². The largest absolute Gasteiger partial charge is 0.462 e. The van der Waals surface area contributed by atoms with Crippen molar-refractivity contribution in [3.63, 3.8) is 0 Å². The van der Waals surface area contributed by atoms with E-state index in [0.29, 0.717) is 23.6 Å². The molecule has 6 heteroatoms. The average molecular weight is 436 g/mol. The molecule has 0 radical (unpaired) electrons. The van der Waals surface area contributed by atoms with Crippen molar-refractivity contribution in [2.45, 2.75) is 13.8 Å². The molecule has 0 saturated carbocycles. The van der Waals surface area contributed by atoms with Gasteiger partial charge >= 0.3 is 5.97 Å². The van der Waals surface area contributed by atoms with E-state index in [1.54, 1.807) is 13.8 Å². The number of aryl methyl sites for hydroxylation is 1. The van der Waals surface area contributed by atoms with E-state index in [9.17, 15) is 4.79 Å². The smallest absolute Gasteiger partial charge is 0.344 e. The van der Waals surface area contributed by atoms with E-state index >= 15 is 0 Å². The molecule has 1 heterocycles. The van der Waals surface area contributed by atoms with E-state index in [-0.39, 0.29) is 0 Å². The zero-order chi connectivity index (χ0) is 14.0. The molecule has 0 fully saturated rings. The number of hydrogen-bond donors (Lipinski definition) is 0. The first-order chi connectivity index (χ1) is 9.04. The van der Waals surface area contributed by atoms with E-state index in [4.69, 9.17) is 9.26 Å². The van der Waals surface area contributed by atoms with E-state index in [0.717, 1.165) is 13.6 Å². The van der Waals surface area contributed by atoms with Gasteiger partial charge in [-0.15, -0.1) is 0 Å². The van der Waals surface area contributed by atoms with Crippen LogP contribution in [-0.2, 0) is 4.74 Å². The predicted molar refractivity (Wildman–Crippen MR) is 83.0 cm³/mol. The highest BCUT2D eigenvalue weighted by Gasteiger charge is 2.24. The van der Waals surface area contributed by atoms with Crippen molar-refractivity contribution in [1.82, 2.24) is 5.16 Å². The maximum Gasteiger partial charge on any atom is 0.344 e. The number of esters is 1. The quantitative estimate of drug-likeness (QED) is 0.535. The lowest BCUT2D eigenvalue weighted by Gasteiger charge is -2.05. The summed E-state index contributed by atoms with van der Waals surface area (Å²) in [6.45, 7) is 3.79. The minimum atomic E-state index is -0.410. The Morgan fingerprint density at radius 3 is 2.95 bits per heavy atom. The van der Waals surface area contributed by atoms with E-state index in [2.05, 4.69) is 43.7 Å². The fraction of sp³-hybridized carbons (Fsp3) is 0.231. The third-order valence-electron chi connectivity index (χ3n) is 2.53. The number of hydrogen-bond acceptors (Lipinski definition) is 4. The van der Waals surface area contributed by atoms with Crippen molar-refractivity contribution in [2.24, 2.45) is 0 Å². The van der Waals surface area contributed by atoms with E-state index < -0.39 is 5.97 Å². The summed E-state index contributed by atoms with van der Waals surface area (Å²) in [6, 6.07) is 5.78. The fourth-order valence-corrected chi connectivity index (χ4v) is 2.63. The van der Waals surface area contributed by atoms with Crippen LogP contribution >= 0.6 is 38.5 Å². The van der Waals surface area contributed by atoms with Gasteiger partial charge in [-0.2, -0.15) is 0 Å². The van der Waals surface area contributed by atoms with Gasteiger partial charge in [-0.05, 0) is 54.6 Å². The minimum Gasteiger partial charge on any atom is -0.462 e. The Balaban J connectivity index is 2.57. The van der Waals surface area contributed by atoms with Crippen molar-refractivity contribution in [1.29, 1.82) is 0 Å². The van der Waals surface area contributed by atoms with Gasteiger partial charge in [0.15, 0.2) is 0 Å². The summed E-state index contributed by atoms with van der Waals surface area (Å²) in [5.41, 5.74) is 1.74. The second kappa shape index (κ2) is 6.04. The highest BCUT2D eigenvalue weighted by atomic mass is 127. The normalized spacial score (nSPS) is 10.5. The monoisotopic (exact) mass is 435 g/mol. The maximum absolute atomic E-state index is 12.0. The highest BCUT2D eigenvalue weighted by Crippen LogP contribution is 2.31. The molecule has 0 atom stereocenters. The number of rotatable bonds is 3. The summed E-state index contributed by atoms with van der Waals surface area (Å²) in [7, 11) is 0. The Morgan fingerprint density at radius 1 is 1.53 bits per heavy atom. The number of carbonyl (C=O) groups excluding carboxylic acids is 1. The van der Waals surface area contributed by atoms with Crippen LogP contribution in [0.1, 0.15) is 23.0 Å². The SMILES string of the molecule is CCOC(=O)c1c(-c2cc(Br)ccc2I)noc1C.